The third kappa shape index (κ3) is 1.65. The SMILES string of the molecule is Nc1ccn(Cc2nc3ccccc3s2)n1. The van der Waals surface area contributed by atoms with E-state index in [1.165, 1.54) is 4.70 Å². The first kappa shape index (κ1) is 9.35. The van der Waals surface area contributed by atoms with Crippen LogP contribution in [0.1, 0.15) is 5.01 Å². The molecule has 80 valence electrons. The van der Waals surface area contributed by atoms with Crippen molar-refractivity contribution in [3.8, 4) is 0 Å². The number of thiazole rings is 1. The minimum atomic E-state index is 0.543. The Morgan fingerprint density at radius 3 is 2.88 bits per heavy atom. The minimum absolute atomic E-state index is 0.543. The molecule has 0 atom stereocenters. The zero-order valence-corrected chi connectivity index (χ0v) is 9.31. The number of rotatable bonds is 2. The van der Waals surface area contributed by atoms with Crippen molar-refractivity contribution in [1.82, 2.24) is 14.8 Å². The lowest BCUT2D eigenvalue weighted by Gasteiger charge is -1.95. The Hall–Kier alpha value is -1.88. The fourth-order valence-electron chi connectivity index (χ4n) is 1.59. The largest absolute Gasteiger partial charge is 0.382 e. The number of aromatic nitrogens is 3. The Balaban J connectivity index is 1.95. The molecule has 0 unspecified atom stereocenters. The van der Waals surface area contributed by atoms with Crippen LogP contribution in [0.4, 0.5) is 5.82 Å². The normalized spacial score (nSPS) is 11.0. The summed E-state index contributed by atoms with van der Waals surface area (Å²) in [5.41, 5.74) is 6.60. The number of hydrogen-bond donors (Lipinski definition) is 1. The van der Waals surface area contributed by atoms with Gasteiger partial charge in [0.1, 0.15) is 10.8 Å². The summed E-state index contributed by atoms with van der Waals surface area (Å²) >= 11 is 1.69. The molecule has 1 aromatic carbocycles. The van der Waals surface area contributed by atoms with Crippen molar-refractivity contribution in [3.05, 3.63) is 41.5 Å². The summed E-state index contributed by atoms with van der Waals surface area (Å²) in [5, 5.41) is 5.18. The van der Waals surface area contributed by atoms with Gasteiger partial charge in [0.2, 0.25) is 0 Å². The first-order valence-electron chi connectivity index (χ1n) is 4.95. The summed E-state index contributed by atoms with van der Waals surface area (Å²) in [5.74, 6) is 0.543. The van der Waals surface area contributed by atoms with Gasteiger partial charge in [-0.15, -0.1) is 11.3 Å². The lowest BCUT2D eigenvalue weighted by atomic mass is 10.3. The number of para-hydroxylation sites is 1. The summed E-state index contributed by atoms with van der Waals surface area (Å²) in [7, 11) is 0. The quantitative estimate of drug-likeness (QED) is 0.733. The Labute approximate surface area is 96.3 Å². The Morgan fingerprint density at radius 2 is 2.12 bits per heavy atom. The van der Waals surface area contributed by atoms with Crippen LogP contribution in [0.25, 0.3) is 10.2 Å². The Bertz CT molecular complexity index is 592. The molecule has 3 rings (SSSR count). The third-order valence-electron chi connectivity index (χ3n) is 2.30. The van der Waals surface area contributed by atoms with Gasteiger partial charge >= 0.3 is 0 Å². The number of fused-ring (bicyclic) bond motifs is 1. The number of nitrogens with two attached hydrogens (primary N) is 1. The van der Waals surface area contributed by atoms with Gasteiger partial charge in [-0.25, -0.2) is 4.98 Å². The number of benzene rings is 1. The molecular formula is C11H10N4S. The summed E-state index contributed by atoms with van der Waals surface area (Å²) in [4.78, 5) is 4.53. The van der Waals surface area contributed by atoms with Crippen LogP contribution in [0.3, 0.4) is 0 Å². The van der Waals surface area contributed by atoms with Crippen molar-refractivity contribution in [1.29, 1.82) is 0 Å². The van der Waals surface area contributed by atoms with Crippen LogP contribution in [-0.2, 0) is 6.54 Å². The Kier molecular flexibility index (Phi) is 2.11. The van der Waals surface area contributed by atoms with E-state index in [-0.39, 0.29) is 0 Å². The molecule has 16 heavy (non-hydrogen) atoms. The van der Waals surface area contributed by atoms with Crippen LogP contribution >= 0.6 is 11.3 Å². The molecule has 0 fully saturated rings. The molecule has 0 saturated heterocycles. The van der Waals surface area contributed by atoms with E-state index in [1.54, 1.807) is 22.1 Å². The van der Waals surface area contributed by atoms with E-state index in [2.05, 4.69) is 16.1 Å². The van der Waals surface area contributed by atoms with E-state index < -0.39 is 0 Å². The molecular weight excluding hydrogens is 220 g/mol. The van der Waals surface area contributed by atoms with Crippen molar-refractivity contribution in [2.45, 2.75) is 6.54 Å². The van der Waals surface area contributed by atoms with Crippen molar-refractivity contribution in [2.75, 3.05) is 5.73 Å². The van der Waals surface area contributed by atoms with E-state index in [1.807, 2.05) is 24.4 Å². The summed E-state index contributed by atoms with van der Waals surface area (Å²) in [6.45, 7) is 0.677. The second-order valence-electron chi connectivity index (χ2n) is 3.51. The molecule has 2 heterocycles. The van der Waals surface area contributed by atoms with Crippen LogP contribution in [0.2, 0.25) is 0 Å². The molecule has 0 spiro atoms. The second kappa shape index (κ2) is 3.61. The van der Waals surface area contributed by atoms with E-state index in [0.29, 0.717) is 12.4 Å². The average Bonchev–Trinajstić information content (AvgIpc) is 2.84. The molecule has 0 saturated carbocycles. The molecule has 0 radical (unpaired) electrons. The molecule has 4 nitrogen and oxygen atoms in total. The average molecular weight is 230 g/mol. The second-order valence-corrected chi connectivity index (χ2v) is 4.63. The minimum Gasteiger partial charge on any atom is -0.382 e. The lowest BCUT2D eigenvalue weighted by molar-refractivity contribution is 0.688. The van der Waals surface area contributed by atoms with Gasteiger partial charge in [-0.1, -0.05) is 12.1 Å². The predicted molar refractivity (Wildman–Crippen MR) is 65.4 cm³/mol. The maximum atomic E-state index is 5.56. The standard InChI is InChI=1S/C11H10N4S/c12-10-5-6-15(14-10)7-11-13-8-3-1-2-4-9(8)16-11/h1-6H,7H2,(H2,12,14). The van der Waals surface area contributed by atoms with Gasteiger partial charge < -0.3 is 5.73 Å². The number of nitrogens with zero attached hydrogens (tertiary/aromatic N) is 3. The highest BCUT2D eigenvalue weighted by Gasteiger charge is 2.04. The molecule has 0 amide bonds. The molecule has 0 aliphatic carbocycles. The summed E-state index contributed by atoms with van der Waals surface area (Å²) in [6.07, 6.45) is 1.86. The van der Waals surface area contributed by atoms with Gasteiger partial charge in [-0.2, -0.15) is 5.10 Å². The maximum absolute atomic E-state index is 5.56. The van der Waals surface area contributed by atoms with E-state index >= 15 is 0 Å². The molecule has 2 N–H and O–H groups in total. The van der Waals surface area contributed by atoms with Crippen LogP contribution in [0.15, 0.2) is 36.5 Å². The highest BCUT2D eigenvalue weighted by Crippen LogP contribution is 2.21. The molecule has 3 aromatic rings. The van der Waals surface area contributed by atoms with E-state index in [0.717, 1.165) is 10.5 Å². The van der Waals surface area contributed by atoms with Gasteiger partial charge in [0, 0.05) is 6.20 Å². The maximum Gasteiger partial charge on any atom is 0.145 e. The zero-order chi connectivity index (χ0) is 11.0. The number of nitrogen functional groups attached to an aromatic ring is 1. The van der Waals surface area contributed by atoms with Crippen LogP contribution in [0.5, 0.6) is 0 Å². The first-order valence-corrected chi connectivity index (χ1v) is 5.76. The van der Waals surface area contributed by atoms with Crippen molar-refractivity contribution in [2.24, 2.45) is 0 Å². The van der Waals surface area contributed by atoms with Crippen molar-refractivity contribution >= 4 is 27.4 Å². The summed E-state index contributed by atoms with van der Waals surface area (Å²) in [6, 6.07) is 9.90. The smallest absolute Gasteiger partial charge is 0.145 e. The monoisotopic (exact) mass is 230 g/mol. The van der Waals surface area contributed by atoms with E-state index in [4.69, 9.17) is 5.73 Å². The van der Waals surface area contributed by atoms with Crippen LogP contribution in [0, 0.1) is 0 Å². The fraction of sp³-hybridized carbons (Fsp3) is 0.0909. The third-order valence-corrected chi connectivity index (χ3v) is 3.32. The fourth-order valence-corrected chi connectivity index (χ4v) is 2.55. The Morgan fingerprint density at radius 1 is 1.25 bits per heavy atom. The lowest BCUT2D eigenvalue weighted by Crippen LogP contribution is -2.00. The van der Waals surface area contributed by atoms with Crippen molar-refractivity contribution < 1.29 is 0 Å². The van der Waals surface area contributed by atoms with Gasteiger partial charge in [0.15, 0.2) is 0 Å². The molecule has 5 heteroatoms. The highest BCUT2D eigenvalue weighted by molar-refractivity contribution is 7.18. The zero-order valence-electron chi connectivity index (χ0n) is 8.50. The predicted octanol–water partition coefficient (Wildman–Crippen LogP) is 2.12. The van der Waals surface area contributed by atoms with Gasteiger partial charge in [0.25, 0.3) is 0 Å². The van der Waals surface area contributed by atoms with Crippen LogP contribution in [-0.4, -0.2) is 14.8 Å². The topological polar surface area (TPSA) is 56.7 Å². The summed E-state index contributed by atoms with van der Waals surface area (Å²) < 4.78 is 3.00. The van der Waals surface area contributed by atoms with Crippen LogP contribution < -0.4 is 5.73 Å². The molecule has 2 aromatic heterocycles. The van der Waals surface area contributed by atoms with Crippen molar-refractivity contribution in [3.63, 3.8) is 0 Å². The molecule has 0 aliphatic heterocycles. The highest BCUT2D eigenvalue weighted by atomic mass is 32.1. The number of hydrogen-bond acceptors (Lipinski definition) is 4. The van der Waals surface area contributed by atoms with E-state index in [9.17, 15) is 0 Å². The number of anilines is 1. The molecule has 0 aliphatic rings. The van der Waals surface area contributed by atoms with Gasteiger partial charge in [-0.05, 0) is 18.2 Å². The van der Waals surface area contributed by atoms with Gasteiger partial charge in [0.05, 0.1) is 16.8 Å². The van der Waals surface area contributed by atoms with Gasteiger partial charge in [-0.3, -0.25) is 4.68 Å². The molecule has 0 bridgehead atoms. The first-order chi connectivity index (χ1) is 7.81.